The van der Waals surface area contributed by atoms with E-state index in [4.69, 9.17) is 24.1 Å². The first-order chi connectivity index (χ1) is 15.6. The van der Waals surface area contributed by atoms with Crippen LogP contribution in [0.5, 0.6) is 11.5 Å². The van der Waals surface area contributed by atoms with E-state index in [1.54, 1.807) is 12.0 Å². The lowest BCUT2D eigenvalue weighted by Crippen LogP contribution is -2.50. The third kappa shape index (κ3) is 6.63. The summed E-state index contributed by atoms with van der Waals surface area (Å²) in [5.74, 6) is 0.636. The number of amides is 1. The Bertz CT molecular complexity index is 879. The maximum absolute atomic E-state index is 12.5. The van der Waals surface area contributed by atoms with Crippen molar-refractivity contribution in [3.63, 3.8) is 0 Å². The molecule has 0 saturated carbocycles. The normalized spacial score (nSPS) is 17.1. The SMILES string of the molecule is COCOc1cccc2c1C(CCCCC(=O)O)=CC1(CCN(C(=O)OC(C)(C)C)CC1)O2. The van der Waals surface area contributed by atoms with Gasteiger partial charge in [-0.3, -0.25) is 4.79 Å². The first kappa shape index (κ1) is 24.9. The molecule has 0 bridgehead atoms. The highest BCUT2D eigenvalue weighted by atomic mass is 16.7. The van der Waals surface area contributed by atoms with Gasteiger partial charge in [0, 0.05) is 39.5 Å². The van der Waals surface area contributed by atoms with Gasteiger partial charge in [0.1, 0.15) is 22.7 Å². The van der Waals surface area contributed by atoms with E-state index in [1.807, 2.05) is 39.0 Å². The third-order valence-corrected chi connectivity index (χ3v) is 5.74. The molecule has 8 heteroatoms. The van der Waals surface area contributed by atoms with Crippen molar-refractivity contribution in [2.24, 2.45) is 0 Å². The number of nitrogens with zero attached hydrogens (tertiary/aromatic N) is 1. The Kier molecular flexibility index (Phi) is 7.89. The Balaban J connectivity index is 1.80. The molecule has 0 aliphatic carbocycles. The molecule has 1 N–H and O–H groups in total. The number of aliphatic carboxylic acids is 1. The van der Waals surface area contributed by atoms with Gasteiger partial charge < -0.3 is 29.0 Å². The summed E-state index contributed by atoms with van der Waals surface area (Å²) in [6.45, 7) is 6.78. The van der Waals surface area contributed by atoms with E-state index in [9.17, 15) is 9.59 Å². The van der Waals surface area contributed by atoms with Crippen LogP contribution in [0.4, 0.5) is 4.79 Å². The summed E-state index contributed by atoms with van der Waals surface area (Å²) < 4.78 is 22.9. The number of fused-ring (bicyclic) bond motifs is 1. The molecule has 182 valence electrons. The second kappa shape index (κ2) is 10.5. The van der Waals surface area contributed by atoms with Gasteiger partial charge in [0.15, 0.2) is 6.79 Å². The monoisotopic (exact) mass is 461 g/mol. The van der Waals surface area contributed by atoms with Crippen LogP contribution in [0.3, 0.4) is 0 Å². The fourth-order valence-electron chi connectivity index (χ4n) is 4.22. The standard InChI is InChI=1S/C25H35NO7/c1-24(2,3)33-23(29)26-14-12-25(13-15-26)16-18(8-5-6-11-21(27)28)22-19(31-17-30-4)9-7-10-20(22)32-25/h7,9-10,16H,5-6,8,11-15,17H2,1-4H3,(H,27,28). The number of unbranched alkanes of at least 4 members (excludes halogenated alkanes) is 1. The quantitative estimate of drug-likeness (QED) is 0.436. The predicted octanol–water partition coefficient (Wildman–Crippen LogP) is 4.86. The maximum atomic E-state index is 12.5. The molecule has 1 spiro atoms. The first-order valence-electron chi connectivity index (χ1n) is 11.5. The molecule has 1 amide bonds. The van der Waals surface area contributed by atoms with Gasteiger partial charge in [0.05, 0.1) is 5.56 Å². The zero-order chi connectivity index (χ0) is 24.1. The summed E-state index contributed by atoms with van der Waals surface area (Å²) in [7, 11) is 1.57. The molecular formula is C25H35NO7. The third-order valence-electron chi connectivity index (χ3n) is 5.74. The number of carboxylic acid groups (broad SMARTS) is 1. The second-order valence-corrected chi connectivity index (χ2v) is 9.58. The number of hydrogen-bond donors (Lipinski definition) is 1. The van der Waals surface area contributed by atoms with E-state index in [0.717, 1.165) is 23.3 Å². The molecule has 0 radical (unpaired) electrons. The van der Waals surface area contributed by atoms with Crippen molar-refractivity contribution < 1.29 is 33.6 Å². The van der Waals surface area contributed by atoms with Crippen LogP contribution in [0.1, 0.15) is 64.9 Å². The van der Waals surface area contributed by atoms with E-state index in [-0.39, 0.29) is 19.3 Å². The van der Waals surface area contributed by atoms with Crippen molar-refractivity contribution in [2.75, 3.05) is 27.0 Å². The van der Waals surface area contributed by atoms with Crippen molar-refractivity contribution >= 4 is 17.6 Å². The highest BCUT2D eigenvalue weighted by Crippen LogP contribution is 2.46. The molecular weight excluding hydrogens is 426 g/mol. The number of hydrogen-bond acceptors (Lipinski definition) is 6. The predicted molar refractivity (Wildman–Crippen MR) is 123 cm³/mol. The fraction of sp³-hybridized carbons (Fsp3) is 0.600. The minimum atomic E-state index is -0.786. The lowest BCUT2D eigenvalue weighted by molar-refractivity contribution is -0.137. The number of carboxylic acids is 1. The van der Waals surface area contributed by atoms with Crippen LogP contribution in [-0.4, -0.2) is 60.3 Å². The minimum absolute atomic E-state index is 0.124. The molecule has 2 aliphatic heterocycles. The Labute approximate surface area is 195 Å². The number of rotatable bonds is 8. The number of allylic oxidation sites excluding steroid dienone is 1. The molecule has 2 heterocycles. The average molecular weight is 462 g/mol. The van der Waals surface area contributed by atoms with E-state index >= 15 is 0 Å². The van der Waals surface area contributed by atoms with E-state index in [1.165, 1.54) is 0 Å². The van der Waals surface area contributed by atoms with Crippen LogP contribution in [-0.2, 0) is 14.3 Å². The maximum Gasteiger partial charge on any atom is 0.410 e. The van der Waals surface area contributed by atoms with Crippen LogP contribution in [0.2, 0.25) is 0 Å². The number of methoxy groups -OCH3 is 1. The van der Waals surface area contributed by atoms with Crippen LogP contribution in [0.15, 0.2) is 24.3 Å². The van der Waals surface area contributed by atoms with Crippen molar-refractivity contribution in [3.8, 4) is 11.5 Å². The molecule has 1 saturated heterocycles. The van der Waals surface area contributed by atoms with Crippen molar-refractivity contribution in [2.45, 2.75) is 70.5 Å². The van der Waals surface area contributed by atoms with Crippen LogP contribution in [0, 0.1) is 0 Å². The number of carbonyl (C=O) groups excluding carboxylic acids is 1. The molecule has 1 fully saturated rings. The average Bonchev–Trinajstić information content (AvgIpc) is 2.74. The number of piperidine rings is 1. The Hall–Kier alpha value is -2.74. The van der Waals surface area contributed by atoms with Gasteiger partial charge in [-0.1, -0.05) is 6.07 Å². The zero-order valence-electron chi connectivity index (χ0n) is 20.0. The van der Waals surface area contributed by atoms with Gasteiger partial charge in [-0.15, -0.1) is 0 Å². The van der Waals surface area contributed by atoms with Crippen molar-refractivity contribution in [3.05, 3.63) is 29.8 Å². The largest absolute Gasteiger partial charge is 0.482 e. The zero-order valence-corrected chi connectivity index (χ0v) is 20.0. The highest BCUT2D eigenvalue weighted by molar-refractivity contribution is 5.78. The molecule has 0 atom stereocenters. The van der Waals surface area contributed by atoms with E-state index in [0.29, 0.717) is 44.5 Å². The molecule has 33 heavy (non-hydrogen) atoms. The summed E-state index contributed by atoms with van der Waals surface area (Å²) in [4.78, 5) is 25.1. The molecule has 0 unspecified atom stereocenters. The van der Waals surface area contributed by atoms with Crippen LogP contribution >= 0.6 is 0 Å². The fourth-order valence-corrected chi connectivity index (χ4v) is 4.22. The molecule has 1 aromatic carbocycles. The Morgan fingerprint density at radius 3 is 2.55 bits per heavy atom. The summed E-state index contributed by atoms with van der Waals surface area (Å²) in [5, 5.41) is 8.98. The van der Waals surface area contributed by atoms with Crippen LogP contribution < -0.4 is 9.47 Å². The molecule has 3 rings (SSSR count). The smallest absolute Gasteiger partial charge is 0.410 e. The minimum Gasteiger partial charge on any atom is -0.482 e. The summed E-state index contributed by atoms with van der Waals surface area (Å²) in [5.41, 5.74) is 0.922. The Morgan fingerprint density at radius 1 is 1.18 bits per heavy atom. The molecule has 0 aromatic heterocycles. The van der Waals surface area contributed by atoms with Gasteiger partial charge >= 0.3 is 12.1 Å². The van der Waals surface area contributed by atoms with Crippen molar-refractivity contribution in [1.29, 1.82) is 0 Å². The lowest BCUT2D eigenvalue weighted by atomic mass is 9.83. The van der Waals surface area contributed by atoms with E-state index in [2.05, 4.69) is 6.08 Å². The summed E-state index contributed by atoms with van der Waals surface area (Å²) >= 11 is 0. The van der Waals surface area contributed by atoms with Gasteiger partial charge in [0.2, 0.25) is 0 Å². The van der Waals surface area contributed by atoms with Gasteiger partial charge in [-0.05, 0) is 63.8 Å². The second-order valence-electron chi connectivity index (χ2n) is 9.58. The van der Waals surface area contributed by atoms with E-state index < -0.39 is 17.2 Å². The highest BCUT2D eigenvalue weighted by Gasteiger charge is 2.41. The molecule has 8 nitrogen and oxygen atoms in total. The summed E-state index contributed by atoms with van der Waals surface area (Å²) in [6.07, 6.45) is 5.35. The molecule has 1 aromatic rings. The topological polar surface area (TPSA) is 94.5 Å². The van der Waals surface area contributed by atoms with Gasteiger partial charge in [0.25, 0.3) is 0 Å². The van der Waals surface area contributed by atoms with Gasteiger partial charge in [-0.25, -0.2) is 4.79 Å². The number of ether oxygens (including phenoxy) is 4. The first-order valence-corrected chi connectivity index (χ1v) is 11.5. The number of likely N-dealkylation sites (tertiary alicyclic amines) is 1. The summed E-state index contributed by atoms with van der Waals surface area (Å²) in [6, 6.07) is 5.71. The molecule has 2 aliphatic rings. The van der Waals surface area contributed by atoms with Gasteiger partial charge in [-0.2, -0.15) is 0 Å². The lowest BCUT2D eigenvalue weighted by Gasteiger charge is -2.43. The number of carbonyl (C=O) groups is 2. The Morgan fingerprint density at radius 2 is 1.91 bits per heavy atom. The number of benzene rings is 1. The van der Waals surface area contributed by atoms with Crippen molar-refractivity contribution in [1.82, 2.24) is 4.90 Å². The van der Waals surface area contributed by atoms with Crippen LogP contribution in [0.25, 0.3) is 5.57 Å².